The summed E-state index contributed by atoms with van der Waals surface area (Å²) in [7, 11) is 1.82. The Morgan fingerprint density at radius 2 is 2.41 bits per heavy atom. The minimum Gasteiger partial charge on any atom is -0.345 e. The van der Waals surface area contributed by atoms with E-state index < -0.39 is 0 Å². The third kappa shape index (κ3) is 2.68. The fourth-order valence-corrected chi connectivity index (χ4v) is 1.71. The summed E-state index contributed by atoms with van der Waals surface area (Å²) in [4.78, 5) is 15.8. The number of aromatic nitrogens is 4. The summed E-state index contributed by atoms with van der Waals surface area (Å²) in [5.74, 6) is 0.492. The van der Waals surface area contributed by atoms with E-state index in [0.29, 0.717) is 22.5 Å². The number of hydrogen-bond acceptors (Lipinski definition) is 4. The number of pyridine rings is 1. The molecule has 1 amide bonds. The number of aryl methyl sites for hydroxylation is 1. The van der Waals surface area contributed by atoms with Crippen molar-refractivity contribution in [3.05, 3.63) is 40.6 Å². The highest BCUT2D eigenvalue weighted by molar-refractivity contribution is 9.10. The van der Waals surface area contributed by atoms with Gasteiger partial charge in [0.05, 0.1) is 12.1 Å². The molecule has 6 nitrogen and oxygen atoms in total. The molecule has 0 saturated heterocycles. The van der Waals surface area contributed by atoms with E-state index in [1.54, 1.807) is 29.2 Å². The maximum Gasteiger partial charge on any atom is 0.254 e. The van der Waals surface area contributed by atoms with Gasteiger partial charge in [-0.3, -0.25) is 4.79 Å². The van der Waals surface area contributed by atoms with E-state index >= 15 is 0 Å². The van der Waals surface area contributed by atoms with E-state index in [1.165, 1.54) is 0 Å². The van der Waals surface area contributed by atoms with Gasteiger partial charge in [0.15, 0.2) is 5.82 Å². The second kappa shape index (κ2) is 5.05. The second-order valence-electron chi connectivity index (χ2n) is 3.38. The van der Waals surface area contributed by atoms with Gasteiger partial charge in [-0.1, -0.05) is 0 Å². The van der Waals surface area contributed by atoms with Crippen LogP contribution in [0.15, 0.2) is 29.3 Å². The van der Waals surface area contributed by atoms with Crippen LogP contribution in [0.1, 0.15) is 16.2 Å². The first-order valence-corrected chi connectivity index (χ1v) is 5.69. The van der Waals surface area contributed by atoms with Gasteiger partial charge in [-0.05, 0) is 28.1 Å². The van der Waals surface area contributed by atoms with Crippen molar-refractivity contribution in [2.75, 3.05) is 0 Å². The van der Waals surface area contributed by atoms with Crippen LogP contribution in [0.3, 0.4) is 0 Å². The Hall–Kier alpha value is -1.76. The van der Waals surface area contributed by atoms with E-state index in [4.69, 9.17) is 0 Å². The summed E-state index contributed by atoms with van der Waals surface area (Å²) in [6, 6.07) is 3.41. The molecule has 0 aromatic carbocycles. The van der Waals surface area contributed by atoms with Crippen molar-refractivity contribution in [3.8, 4) is 0 Å². The highest BCUT2D eigenvalue weighted by Gasteiger charge is 2.10. The molecule has 0 saturated carbocycles. The van der Waals surface area contributed by atoms with Gasteiger partial charge >= 0.3 is 0 Å². The Morgan fingerprint density at radius 1 is 1.59 bits per heavy atom. The largest absolute Gasteiger partial charge is 0.345 e. The zero-order valence-electron chi connectivity index (χ0n) is 9.09. The number of rotatable bonds is 3. The fourth-order valence-electron chi connectivity index (χ4n) is 1.28. The molecule has 0 bridgehead atoms. The van der Waals surface area contributed by atoms with E-state index in [0.717, 1.165) is 0 Å². The Balaban J connectivity index is 2.04. The van der Waals surface area contributed by atoms with Crippen LogP contribution < -0.4 is 5.32 Å². The normalized spacial score (nSPS) is 10.2. The summed E-state index contributed by atoms with van der Waals surface area (Å²) in [5.41, 5.74) is 0.495. The van der Waals surface area contributed by atoms with Crippen LogP contribution in [0.5, 0.6) is 0 Å². The number of carbonyl (C=O) groups excluding carboxylic acids is 1. The second-order valence-corrected chi connectivity index (χ2v) is 4.13. The molecule has 2 aromatic heterocycles. The molecule has 2 rings (SSSR count). The molecular formula is C10H10BrN5O. The van der Waals surface area contributed by atoms with Crippen molar-refractivity contribution in [2.24, 2.45) is 7.05 Å². The van der Waals surface area contributed by atoms with Crippen molar-refractivity contribution >= 4 is 21.8 Å². The number of nitrogens with zero attached hydrogens (tertiary/aromatic N) is 4. The summed E-state index contributed by atoms with van der Waals surface area (Å²) < 4.78 is 2.27. The predicted octanol–water partition coefficient (Wildman–Crippen LogP) is 0.903. The highest BCUT2D eigenvalue weighted by Crippen LogP contribution is 2.12. The molecule has 0 atom stereocenters. The topological polar surface area (TPSA) is 72.7 Å². The first kappa shape index (κ1) is 11.7. The molecule has 7 heteroatoms. The molecule has 0 spiro atoms. The molecule has 0 aliphatic carbocycles. The van der Waals surface area contributed by atoms with Gasteiger partial charge in [0.2, 0.25) is 0 Å². The number of amides is 1. The number of carbonyl (C=O) groups is 1. The third-order valence-corrected chi connectivity index (χ3v) is 2.85. The lowest BCUT2D eigenvalue weighted by Gasteiger charge is -2.05. The van der Waals surface area contributed by atoms with Crippen LogP contribution in [-0.4, -0.2) is 25.7 Å². The summed E-state index contributed by atoms with van der Waals surface area (Å²) in [5, 5.41) is 10.4. The lowest BCUT2D eigenvalue weighted by atomic mass is 10.3. The molecule has 17 heavy (non-hydrogen) atoms. The summed E-state index contributed by atoms with van der Waals surface area (Å²) in [6.07, 6.45) is 3.20. The Bertz CT molecular complexity index is 539. The average Bonchev–Trinajstić information content (AvgIpc) is 2.72. The molecule has 0 unspecified atom stereocenters. The minimum absolute atomic E-state index is 0.201. The SMILES string of the molecule is Cn1cnnc1CNC(=O)c1cccnc1Br. The fraction of sp³-hybridized carbons (Fsp3) is 0.200. The standard InChI is InChI=1S/C10H10BrN5O/c1-16-6-14-15-8(16)5-13-10(17)7-3-2-4-12-9(7)11/h2-4,6H,5H2,1H3,(H,13,17). The Morgan fingerprint density at radius 3 is 3.06 bits per heavy atom. The average molecular weight is 296 g/mol. The third-order valence-electron chi connectivity index (χ3n) is 2.22. The summed E-state index contributed by atoms with van der Waals surface area (Å²) >= 11 is 3.22. The van der Waals surface area contributed by atoms with Gasteiger partial charge in [0.1, 0.15) is 10.9 Å². The molecule has 2 aromatic rings. The van der Waals surface area contributed by atoms with Crippen molar-refractivity contribution in [1.82, 2.24) is 25.1 Å². The van der Waals surface area contributed by atoms with Gasteiger partial charge in [-0.2, -0.15) is 0 Å². The molecule has 0 aliphatic heterocycles. The molecule has 0 fully saturated rings. The van der Waals surface area contributed by atoms with E-state index in [1.807, 2.05) is 7.05 Å². The highest BCUT2D eigenvalue weighted by atomic mass is 79.9. The zero-order chi connectivity index (χ0) is 12.3. The molecule has 0 radical (unpaired) electrons. The van der Waals surface area contributed by atoms with Crippen molar-refractivity contribution in [1.29, 1.82) is 0 Å². The van der Waals surface area contributed by atoms with E-state index in [9.17, 15) is 4.79 Å². The van der Waals surface area contributed by atoms with Crippen molar-refractivity contribution in [3.63, 3.8) is 0 Å². The number of hydrogen-bond donors (Lipinski definition) is 1. The first-order chi connectivity index (χ1) is 8.18. The number of halogens is 1. The first-order valence-electron chi connectivity index (χ1n) is 4.90. The molecule has 88 valence electrons. The maximum absolute atomic E-state index is 11.8. The van der Waals surface area contributed by atoms with Crippen LogP contribution in [0.25, 0.3) is 0 Å². The quantitative estimate of drug-likeness (QED) is 0.854. The van der Waals surface area contributed by atoms with Crippen molar-refractivity contribution < 1.29 is 4.79 Å². The van der Waals surface area contributed by atoms with Gasteiger partial charge in [0, 0.05) is 13.2 Å². The molecule has 0 aliphatic rings. The Labute approximate surface area is 106 Å². The van der Waals surface area contributed by atoms with Crippen LogP contribution in [0.2, 0.25) is 0 Å². The van der Waals surface area contributed by atoms with Gasteiger partial charge in [-0.25, -0.2) is 4.98 Å². The van der Waals surface area contributed by atoms with E-state index in [-0.39, 0.29) is 5.91 Å². The smallest absolute Gasteiger partial charge is 0.254 e. The van der Waals surface area contributed by atoms with Crippen LogP contribution in [0.4, 0.5) is 0 Å². The zero-order valence-corrected chi connectivity index (χ0v) is 10.7. The Kier molecular flexibility index (Phi) is 3.48. The lowest BCUT2D eigenvalue weighted by Crippen LogP contribution is -2.24. The molecule has 1 N–H and O–H groups in total. The van der Waals surface area contributed by atoms with Crippen LogP contribution in [0, 0.1) is 0 Å². The van der Waals surface area contributed by atoms with Crippen molar-refractivity contribution in [2.45, 2.75) is 6.54 Å². The van der Waals surface area contributed by atoms with E-state index in [2.05, 4.69) is 36.4 Å². The maximum atomic E-state index is 11.8. The van der Waals surface area contributed by atoms with Crippen LogP contribution >= 0.6 is 15.9 Å². The minimum atomic E-state index is -0.201. The monoisotopic (exact) mass is 295 g/mol. The van der Waals surface area contributed by atoms with Gasteiger partial charge < -0.3 is 9.88 Å². The van der Waals surface area contributed by atoms with Gasteiger partial charge in [0.25, 0.3) is 5.91 Å². The van der Waals surface area contributed by atoms with Gasteiger partial charge in [-0.15, -0.1) is 10.2 Å². The predicted molar refractivity (Wildman–Crippen MR) is 64.1 cm³/mol. The summed E-state index contributed by atoms with van der Waals surface area (Å²) in [6.45, 7) is 0.330. The molecular weight excluding hydrogens is 286 g/mol. The molecule has 2 heterocycles. The lowest BCUT2D eigenvalue weighted by molar-refractivity contribution is 0.0948. The van der Waals surface area contributed by atoms with Crippen LogP contribution in [-0.2, 0) is 13.6 Å². The number of nitrogens with one attached hydrogen (secondary N) is 1.